The molecule has 3 aromatic carbocycles. The average Bonchev–Trinajstić information content (AvgIpc) is 2.75. The molecule has 1 N–H and O–H groups in total. The molecule has 0 aliphatic heterocycles. The molecule has 0 aliphatic rings. The monoisotopic (exact) mass is 407 g/mol. The first-order valence-corrected chi connectivity index (χ1v) is 10.3. The number of anilines is 1. The summed E-state index contributed by atoms with van der Waals surface area (Å²) in [6, 6.07) is 23.5. The van der Waals surface area contributed by atoms with E-state index < -0.39 is 6.10 Å². The Bertz CT molecular complexity index is 972. The fraction of sp³-hybridized carbons (Fsp3) is 0.240. The molecule has 0 aliphatic carbocycles. The molecule has 0 spiro atoms. The number of nitrogens with one attached hydrogen (secondary N) is 1. The molecule has 150 valence electrons. The van der Waals surface area contributed by atoms with E-state index in [1.165, 1.54) is 0 Å². The Morgan fingerprint density at radius 3 is 2.34 bits per heavy atom. The highest BCUT2D eigenvalue weighted by atomic mass is 35.5. The van der Waals surface area contributed by atoms with Crippen molar-refractivity contribution in [2.45, 2.75) is 39.2 Å². The molecule has 2 atom stereocenters. The summed E-state index contributed by atoms with van der Waals surface area (Å²) >= 11 is 6.42. The van der Waals surface area contributed by atoms with Crippen LogP contribution in [0.3, 0.4) is 0 Å². The minimum absolute atomic E-state index is 0.205. The first-order chi connectivity index (χ1) is 14.0. The lowest BCUT2D eigenvalue weighted by Crippen LogP contribution is -2.30. The van der Waals surface area contributed by atoms with Crippen LogP contribution in [0, 0.1) is 0 Å². The number of benzene rings is 3. The molecule has 0 bridgehead atoms. The maximum absolute atomic E-state index is 12.7. The van der Waals surface area contributed by atoms with Gasteiger partial charge in [0.05, 0.1) is 5.02 Å². The molecule has 3 aromatic rings. The van der Waals surface area contributed by atoms with E-state index >= 15 is 0 Å². The van der Waals surface area contributed by atoms with E-state index in [2.05, 4.69) is 25.2 Å². The summed E-state index contributed by atoms with van der Waals surface area (Å²) in [5.74, 6) is 0.649. The van der Waals surface area contributed by atoms with Crippen molar-refractivity contribution < 1.29 is 9.53 Å². The molecule has 0 saturated heterocycles. The zero-order valence-corrected chi connectivity index (χ0v) is 17.7. The summed E-state index contributed by atoms with van der Waals surface area (Å²) in [7, 11) is 0. The molecule has 3 nitrogen and oxygen atoms in total. The Hall–Kier alpha value is -2.78. The second-order valence-electron chi connectivity index (χ2n) is 7.16. The third-order valence-electron chi connectivity index (χ3n) is 5.07. The minimum Gasteiger partial charge on any atom is -0.479 e. The van der Waals surface area contributed by atoms with Crippen LogP contribution in [0.4, 0.5) is 5.69 Å². The molecular weight excluding hydrogens is 382 g/mol. The number of rotatable bonds is 7. The van der Waals surface area contributed by atoms with Gasteiger partial charge in [0.1, 0.15) is 5.75 Å². The predicted molar refractivity (Wildman–Crippen MR) is 121 cm³/mol. The van der Waals surface area contributed by atoms with E-state index in [0.29, 0.717) is 16.7 Å². The predicted octanol–water partition coefficient (Wildman–Crippen LogP) is 6.93. The van der Waals surface area contributed by atoms with Gasteiger partial charge in [0.15, 0.2) is 6.10 Å². The molecule has 4 heteroatoms. The van der Waals surface area contributed by atoms with Crippen LogP contribution in [0.25, 0.3) is 11.1 Å². The van der Waals surface area contributed by atoms with Crippen LogP contribution in [-0.2, 0) is 4.79 Å². The molecule has 29 heavy (non-hydrogen) atoms. The molecule has 0 radical (unpaired) electrons. The third kappa shape index (κ3) is 5.18. The summed E-state index contributed by atoms with van der Waals surface area (Å²) in [6.07, 6.45) is 0.322. The van der Waals surface area contributed by atoms with Crippen molar-refractivity contribution in [1.82, 2.24) is 0 Å². The van der Waals surface area contributed by atoms with Crippen molar-refractivity contribution in [1.29, 1.82) is 0 Å². The molecule has 0 heterocycles. The van der Waals surface area contributed by atoms with E-state index in [1.807, 2.05) is 66.7 Å². The highest BCUT2D eigenvalue weighted by Crippen LogP contribution is 2.31. The number of carbonyl (C=O) groups excluding carboxylic acids is 1. The fourth-order valence-electron chi connectivity index (χ4n) is 3.15. The molecule has 0 aromatic heterocycles. The third-order valence-corrected chi connectivity index (χ3v) is 5.37. The molecule has 0 fully saturated rings. The normalized spacial score (nSPS) is 12.8. The van der Waals surface area contributed by atoms with Crippen LogP contribution >= 0.6 is 11.6 Å². The first kappa shape index (κ1) is 20.9. The average molecular weight is 408 g/mol. The van der Waals surface area contributed by atoms with Gasteiger partial charge < -0.3 is 10.1 Å². The van der Waals surface area contributed by atoms with E-state index in [1.54, 1.807) is 6.92 Å². The van der Waals surface area contributed by atoms with Gasteiger partial charge in [-0.05, 0) is 54.2 Å². The summed E-state index contributed by atoms with van der Waals surface area (Å²) < 4.78 is 5.85. The largest absolute Gasteiger partial charge is 0.479 e. The van der Waals surface area contributed by atoms with Gasteiger partial charge in [-0.2, -0.15) is 0 Å². The van der Waals surface area contributed by atoms with E-state index in [-0.39, 0.29) is 5.91 Å². The van der Waals surface area contributed by atoms with Crippen LogP contribution in [0.5, 0.6) is 5.75 Å². The number of ether oxygens (including phenoxy) is 1. The zero-order valence-electron chi connectivity index (χ0n) is 17.0. The summed E-state index contributed by atoms with van der Waals surface area (Å²) in [4.78, 5) is 12.7. The van der Waals surface area contributed by atoms with Crippen LogP contribution in [0.15, 0.2) is 72.8 Å². The fourth-order valence-corrected chi connectivity index (χ4v) is 3.37. The second kappa shape index (κ2) is 9.62. The number of amides is 1. The van der Waals surface area contributed by atoms with Crippen molar-refractivity contribution >= 4 is 23.2 Å². The highest BCUT2D eigenvalue weighted by molar-refractivity contribution is 6.32. The van der Waals surface area contributed by atoms with Gasteiger partial charge in [0.25, 0.3) is 5.91 Å². The summed E-state index contributed by atoms with van der Waals surface area (Å²) in [6.45, 7) is 6.01. The van der Waals surface area contributed by atoms with Gasteiger partial charge in [0.2, 0.25) is 0 Å². The lowest BCUT2D eigenvalue weighted by atomic mass is 9.97. The van der Waals surface area contributed by atoms with Crippen LogP contribution < -0.4 is 10.1 Å². The van der Waals surface area contributed by atoms with Gasteiger partial charge in [-0.15, -0.1) is 0 Å². The van der Waals surface area contributed by atoms with Crippen molar-refractivity contribution in [2.75, 3.05) is 5.32 Å². The minimum atomic E-state index is -0.680. The molecule has 3 rings (SSSR count). The Morgan fingerprint density at radius 1 is 0.966 bits per heavy atom. The molecule has 1 amide bonds. The van der Waals surface area contributed by atoms with Gasteiger partial charge >= 0.3 is 0 Å². The smallest absolute Gasteiger partial charge is 0.265 e. The van der Waals surface area contributed by atoms with Gasteiger partial charge in [0, 0.05) is 5.69 Å². The molecule has 0 unspecified atom stereocenters. The maximum atomic E-state index is 12.7. The van der Waals surface area contributed by atoms with Crippen LogP contribution in [0.2, 0.25) is 5.02 Å². The quantitative estimate of drug-likeness (QED) is 0.461. The Labute approximate surface area is 177 Å². The number of halogens is 1. The lowest BCUT2D eigenvalue weighted by molar-refractivity contribution is -0.122. The summed E-state index contributed by atoms with van der Waals surface area (Å²) in [5.41, 5.74) is 4.03. The zero-order chi connectivity index (χ0) is 20.8. The topological polar surface area (TPSA) is 38.3 Å². The Morgan fingerprint density at radius 2 is 1.66 bits per heavy atom. The Kier molecular flexibility index (Phi) is 6.95. The second-order valence-corrected chi connectivity index (χ2v) is 7.56. The molecular formula is C25H26ClNO2. The van der Waals surface area contributed by atoms with Crippen molar-refractivity contribution in [3.8, 4) is 16.9 Å². The van der Waals surface area contributed by atoms with E-state index in [0.717, 1.165) is 28.8 Å². The van der Waals surface area contributed by atoms with E-state index in [9.17, 15) is 4.79 Å². The van der Waals surface area contributed by atoms with Crippen molar-refractivity contribution in [3.05, 3.63) is 83.4 Å². The van der Waals surface area contributed by atoms with Gasteiger partial charge in [-0.3, -0.25) is 4.79 Å². The number of hydrogen-bond donors (Lipinski definition) is 1. The van der Waals surface area contributed by atoms with Crippen molar-refractivity contribution in [3.63, 3.8) is 0 Å². The first-order valence-electron chi connectivity index (χ1n) is 9.91. The number of hydrogen-bond acceptors (Lipinski definition) is 2. The van der Waals surface area contributed by atoms with Crippen LogP contribution in [0.1, 0.15) is 38.7 Å². The van der Waals surface area contributed by atoms with Crippen LogP contribution in [-0.4, -0.2) is 12.0 Å². The maximum Gasteiger partial charge on any atom is 0.265 e. The lowest BCUT2D eigenvalue weighted by Gasteiger charge is -2.19. The number of carbonyl (C=O) groups is 1. The van der Waals surface area contributed by atoms with Crippen molar-refractivity contribution in [2.24, 2.45) is 0 Å². The van der Waals surface area contributed by atoms with Gasteiger partial charge in [-0.1, -0.05) is 80.0 Å². The standard InChI is InChI=1S/C25H26ClNO2/c1-4-17(2)21-12-8-9-13-23(21)27-25(28)18(3)29-24-15-14-20(16-22(24)26)19-10-6-5-7-11-19/h5-18H,4H2,1-3H3,(H,27,28)/t17-,18+/m0/s1. The van der Waals surface area contributed by atoms with E-state index in [4.69, 9.17) is 16.3 Å². The molecule has 0 saturated carbocycles. The number of para-hydroxylation sites is 1. The Balaban J connectivity index is 1.70. The highest BCUT2D eigenvalue weighted by Gasteiger charge is 2.19. The van der Waals surface area contributed by atoms with Gasteiger partial charge in [-0.25, -0.2) is 0 Å². The summed E-state index contributed by atoms with van der Waals surface area (Å²) in [5, 5.41) is 3.47. The SMILES string of the molecule is CC[C@H](C)c1ccccc1NC(=O)[C@@H](C)Oc1ccc(-c2ccccc2)cc1Cl.